The molecule has 2 nitrogen and oxygen atoms in total. The van der Waals surface area contributed by atoms with Crippen molar-refractivity contribution >= 4 is 17.5 Å². The third-order valence-corrected chi connectivity index (χ3v) is 6.33. The van der Waals surface area contributed by atoms with E-state index in [2.05, 4.69) is 17.9 Å². The lowest BCUT2D eigenvalue weighted by molar-refractivity contribution is -0.136. The van der Waals surface area contributed by atoms with Crippen molar-refractivity contribution in [1.82, 2.24) is 4.90 Å². The van der Waals surface area contributed by atoms with Crippen LogP contribution in [0.5, 0.6) is 0 Å². The van der Waals surface area contributed by atoms with Crippen LogP contribution >= 0.6 is 11.6 Å². The van der Waals surface area contributed by atoms with Crippen LogP contribution in [0.3, 0.4) is 0 Å². The number of nitrogens with zero attached hydrogens (tertiary/aromatic N) is 1. The zero-order valence-corrected chi connectivity index (χ0v) is 14.6. The maximum absolute atomic E-state index is 13.1. The highest BCUT2D eigenvalue weighted by atomic mass is 35.5. The molecule has 2 unspecified atom stereocenters. The first-order valence-corrected chi connectivity index (χ1v) is 9.59. The van der Waals surface area contributed by atoms with E-state index in [-0.39, 0.29) is 5.92 Å². The van der Waals surface area contributed by atoms with Crippen molar-refractivity contribution in [2.45, 2.75) is 69.9 Å². The molecule has 3 aliphatic carbocycles. The number of amides is 1. The van der Waals surface area contributed by atoms with Gasteiger partial charge in [0.15, 0.2) is 0 Å². The molecule has 0 saturated heterocycles. The molecule has 124 valence electrons. The van der Waals surface area contributed by atoms with Crippen LogP contribution in [-0.2, 0) is 4.79 Å². The van der Waals surface area contributed by atoms with Crippen molar-refractivity contribution in [3.63, 3.8) is 0 Å². The Kier molecular flexibility index (Phi) is 4.13. The maximum Gasteiger partial charge on any atom is 0.226 e. The summed E-state index contributed by atoms with van der Waals surface area (Å²) in [4.78, 5) is 15.4. The van der Waals surface area contributed by atoms with Gasteiger partial charge in [0.25, 0.3) is 0 Å². The van der Waals surface area contributed by atoms with Crippen LogP contribution in [0.2, 0.25) is 5.02 Å². The Balaban J connectivity index is 1.46. The summed E-state index contributed by atoms with van der Waals surface area (Å²) in [5.41, 5.74) is 1.17. The zero-order chi connectivity index (χ0) is 16.0. The SMILES string of the molecule is CC1CCC(N(C(=O)C2CC2c2ccccc2Cl)C2CC2)CC1. The Labute approximate surface area is 144 Å². The molecule has 0 aromatic heterocycles. The quantitative estimate of drug-likeness (QED) is 0.759. The van der Waals surface area contributed by atoms with Crippen LogP contribution in [0.15, 0.2) is 24.3 Å². The third-order valence-electron chi connectivity index (χ3n) is 5.99. The van der Waals surface area contributed by atoms with E-state index in [0.29, 0.717) is 23.9 Å². The summed E-state index contributed by atoms with van der Waals surface area (Å²) in [6.07, 6.45) is 8.36. The first-order valence-electron chi connectivity index (χ1n) is 9.21. The van der Waals surface area contributed by atoms with E-state index in [1.54, 1.807) is 0 Å². The van der Waals surface area contributed by atoms with E-state index in [1.807, 2.05) is 18.2 Å². The van der Waals surface area contributed by atoms with Crippen molar-refractivity contribution in [2.75, 3.05) is 0 Å². The summed E-state index contributed by atoms with van der Waals surface area (Å²) in [7, 11) is 0. The van der Waals surface area contributed by atoms with Crippen molar-refractivity contribution in [3.8, 4) is 0 Å². The highest BCUT2D eigenvalue weighted by Gasteiger charge is 2.50. The van der Waals surface area contributed by atoms with E-state index < -0.39 is 0 Å². The van der Waals surface area contributed by atoms with Gasteiger partial charge >= 0.3 is 0 Å². The van der Waals surface area contributed by atoms with E-state index in [0.717, 1.165) is 17.4 Å². The van der Waals surface area contributed by atoms with Crippen LogP contribution in [0.25, 0.3) is 0 Å². The first-order chi connectivity index (χ1) is 11.1. The summed E-state index contributed by atoms with van der Waals surface area (Å²) in [5, 5.41) is 0.817. The van der Waals surface area contributed by atoms with Crippen LogP contribution in [0, 0.1) is 11.8 Å². The number of carbonyl (C=O) groups is 1. The monoisotopic (exact) mass is 331 g/mol. The smallest absolute Gasteiger partial charge is 0.226 e. The van der Waals surface area contributed by atoms with Crippen molar-refractivity contribution in [3.05, 3.63) is 34.9 Å². The Hall–Kier alpha value is -1.02. The summed E-state index contributed by atoms with van der Waals surface area (Å²) in [6.45, 7) is 2.34. The molecule has 0 N–H and O–H groups in total. The molecule has 1 aromatic rings. The number of halogens is 1. The molecule has 0 heterocycles. The zero-order valence-electron chi connectivity index (χ0n) is 13.9. The van der Waals surface area contributed by atoms with Crippen LogP contribution in [0.4, 0.5) is 0 Å². The van der Waals surface area contributed by atoms with Gasteiger partial charge in [0.05, 0.1) is 0 Å². The minimum Gasteiger partial charge on any atom is -0.336 e. The highest BCUT2D eigenvalue weighted by Crippen LogP contribution is 2.52. The molecule has 0 spiro atoms. The Morgan fingerprint density at radius 1 is 1.04 bits per heavy atom. The van der Waals surface area contributed by atoms with E-state index in [9.17, 15) is 4.79 Å². The van der Waals surface area contributed by atoms with Gasteiger partial charge in [0.2, 0.25) is 5.91 Å². The van der Waals surface area contributed by atoms with E-state index in [1.165, 1.54) is 44.1 Å². The normalized spacial score (nSPS) is 33.3. The molecule has 23 heavy (non-hydrogen) atoms. The fraction of sp³-hybridized carbons (Fsp3) is 0.650. The maximum atomic E-state index is 13.1. The molecule has 1 amide bonds. The van der Waals surface area contributed by atoms with Gasteiger partial charge in [-0.2, -0.15) is 0 Å². The Bertz CT molecular complexity index is 589. The van der Waals surface area contributed by atoms with Gasteiger partial charge in [0, 0.05) is 23.0 Å². The first kappa shape index (κ1) is 15.5. The average molecular weight is 332 g/mol. The summed E-state index contributed by atoms with van der Waals surface area (Å²) in [5.74, 6) is 1.77. The van der Waals surface area contributed by atoms with Crippen molar-refractivity contribution < 1.29 is 4.79 Å². The molecule has 3 aliphatic rings. The average Bonchev–Trinajstić information content (AvgIpc) is 3.44. The molecule has 3 saturated carbocycles. The summed E-state index contributed by atoms with van der Waals surface area (Å²) in [6, 6.07) is 9.06. The molecule has 0 radical (unpaired) electrons. The third kappa shape index (κ3) is 3.15. The Morgan fingerprint density at radius 3 is 2.26 bits per heavy atom. The lowest BCUT2D eigenvalue weighted by atomic mass is 9.86. The predicted molar refractivity (Wildman–Crippen MR) is 93.6 cm³/mol. The van der Waals surface area contributed by atoms with E-state index in [4.69, 9.17) is 11.6 Å². The molecule has 1 aromatic carbocycles. The minimum absolute atomic E-state index is 0.176. The molecule has 2 atom stereocenters. The van der Waals surface area contributed by atoms with Gasteiger partial charge in [-0.15, -0.1) is 0 Å². The van der Waals surface area contributed by atoms with E-state index >= 15 is 0 Å². The second kappa shape index (κ2) is 6.12. The number of hydrogen-bond acceptors (Lipinski definition) is 1. The fourth-order valence-electron chi connectivity index (χ4n) is 4.31. The lowest BCUT2D eigenvalue weighted by Crippen LogP contribution is -2.44. The van der Waals surface area contributed by atoms with Gasteiger partial charge in [-0.3, -0.25) is 4.79 Å². The van der Waals surface area contributed by atoms with Gasteiger partial charge < -0.3 is 4.90 Å². The van der Waals surface area contributed by atoms with Crippen LogP contribution in [-0.4, -0.2) is 22.9 Å². The minimum atomic E-state index is 0.176. The molecule has 4 rings (SSSR count). The standard InChI is InChI=1S/C20H26ClNO/c1-13-6-8-14(9-7-13)22(15-10-11-15)20(23)18-12-17(18)16-4-2-3-5-19(16)21/h2-5,13-15,17-18H,6-12H2,1H3. The van der Waals surface area contributed by atoms with Gasteiger partial charge in [-0.1, -0.05) is 36.7 Å². The fourth-order valence-corrected chi connectivity index (χ4v) is 4.59. The molecular formula is C20H26ClNO. The van der Waals surface area contributed by atoms with Crippen molar-refractivity contribution in [2.24, 2.45) is 11.8 Å². The summed E-state index contributed by atoms with van der Waals surface area (Å²) < 4.78 is 0. The molecular weight excluding hydrogens is 306 g/mol. The molecule has 0 aliphatic heterocycles. The second-order valence-electron chi connectivity index (χ2n) is 7.86. The molecule has 3 heteroatoms. The topological polar surface area (TPSA) is 20.3 Å². The largest absolute Gasteiger partial charge is 0.336 e. The Morgan fingerprint density at radius 2 is 1.65 bits per heavy atom. The highest BCUT2D eigenvalue weighted by molar-refractivity contribution is 6.31. The summed E-state index contributed by atoms with van der Waals surface area (Å²) >= 11 is 6.32. The number of hydrogen-bond donors (Lipinski definition) is 0. The van der Waals surface area contributed by atoms with Gasteiger partial charge in [-0.05, 0) is 68.4 Å². The lowest BCUT2D eigenvalue weighted by Gasteiger charge is -2.36. The van der Waals surface area contributed by atoms with Gasteiger partial charge in [-0.25, -0.2) is 0 Å². The molecule has 3 fully saturated rings. The number of carbonyl (C=O) groups excluding carboxylic acids is 1. The van der Waals surface area contributed by atoms with Crippen molar-refractivity contribution in [1.29, 1.82) is 0 Å². The van der Waals surface area contributed by atoms with Crippen LogP contribution in [0.1, 0.15) is 63.4 Å². The molecule has 0 bridgehead atoms. The van der Waals surface area contributed by atoms with Gasteiger partial charge in [0.1, 0.15) is 0 Å². The number of benzene rings is 1. The number of rotatable bonds is 4. The van der Waals surface area contributed by atoms with Crippen LogP contribution < -0.4 is 0 Å². The second-order valence-corrected chi connectivity index (χ2v) is 8.27. The predicted octanol–water partition coefficient (Wildman–Crippen LogP) is 5.01.